The topological polar surface area (TPSA) is 140 Å². The Bertz CT molecular complexity index is 544. The number of fused-ring (bicyclic) bond motifs is 1. The number of rotatable bonds is 6. The van der Waals surface area contributed by atoms with Gasteiger partial charge in [0.15, 0.2) is 0 Å². The highest BCUT2D eigenvalue weighted by molar-refractivity contribution is 5.78. The molecule has 2 aromatic heterocycles. The number of aliphatic hydroxyl groups is 3. The Morgan fingerprint density at radius 3 is 2.89 bits per heavy atom. The van der Waals surface area contributed by atoms with Crippen molar-refractivity contribution in [2.24, 2.45) is 0 Å². The second-order valence-electron chi connectivity index (χ2n) is 4.25. The lowest BCUT2D eigenvalue weighted by atomic mass is 10.2. The summed E-state index contributed by atoms with van der Waals surface area (Å²) in [4.78, 5) is 11.0. The number of hydrogen-bond acceptors (Lipinski definition) is 7. The van der Waals surface area contributed by atoms with Crippen LogP contribution in [0.5, 0.6) is 0 Å². The number of aromatic nitrogens is 3. The van der Waals surface area contributed by atoms with Gasteiger partial charge in [-0.15, -0.1) is 0 Å². The van der Waals surface area contributed by atoms with Gasteiger partial charge in [0, 0.05) is 24.8 Å². The first-order valence-electron chi connectivity index (χ1n) is 5.88. The van der Waals surface area contributed by atoms with E-state index in [-0.39, 0.29) is 12.5 Å². The fraction of sp³-hybridized carbons (Fsp3) is 0.455. The van der Waals surface area contributed by atoms with E-state index in [0.29, 0.717) is 6.54 Å². The molecule has 0 bridgehead atoms. The molecule has 0 spiro atoms. The van der Waals surface area contributed by atoms with Gasteiger partial charge in [-0.3, -0.25) is 0 Å². The third-order valence-corrected chi connectivity index (χ3v) is 2.81. The minimum absolute atomic E-state index is 0.162. The van der Waals surface area contributed by atoms with Crippen LogP contribution in [0.3, 0.4) is 0 Å². The molecule has 0 saturated carbocycles. The predicted octanol–water partition coefficient (Wildman–Crippen LogP) is -1.66. The molecule has 0 amide bonds. The van der Waals surface area contributed by atoms with Crippen LogP contribution in [-0.2, 0) is 6.54 Å². The van der Waals surface area contributed by atoms with Crippen LogP contribution in [0.4, 0.5) is 5.95 Å². The number of anilines is 1. The maximum atomic E-state index is 9.48. The van der Waals surface area contributed by atoms with Crippen molar-refractivity contribution in [2.75, 3.05) is 18.9 Å². The van der Waals surface area contributed by atoms with Crippen molar-refractivity contribution in [3.05, 3.63) is 18.0 Å². The van der Waals surface area contributed by atoms with Gasteiger partial charge in [0.1, 0.15) is 6.10 Å². The zero-order valence-corrected chi connectivity index (χ0v) is 10.2. The summed E-state index contributed by atoms with van der Waals surface area (Å²) in [6.45, 7) is 0.139. The first-order valence-corrected chi connectivity index (χ1v) is 5.88. The average molecular weight is 267 g/mol. The second-order valence-corrected chi connectivity index (χ2v) is 4.25. The first kappa shape index (κ1) is 13.7. The molecule has 0 aromatic carbocycles. The average Bonchev–Trinajstić information content (AvgIpc) is 2.80. The Morgan fingerprint density at radius 1 is 1.37 bits per heavy atom. The minimum Gasteiger partial charge on any atom is -0.394 e. The number of H-pyrrole nitrogens is 1. The number of hydrogen-bond donors (Lipinski definition) is 6. The Balaban J connectivity index is 1.96. The summed E-state index contributed by atoms with van der Waals surface area (Å²) in [6.07, 6.45) is 1.22. The number of nitrogen functional groups attached to an aromatic ring is 1. The predicted molar refractivity (Wildman–Crippen MR) is 69.1 cm³/mol. The van der Waals surface area contributed by atoms with E-state index >= 15 is 0 Å². The van der Waals surface area contributed by atoms with Crippen molar-refractivity contribution in [1.82, 2.24) is 20.3 Å². The van der Waals surface area contributed by atoms with E-state index < -0.39 is 18.8 Å². The summed E-state index contributed by atoms with van der Waals surface area (Å²) < 4.78 is 0. The van der Waals surface area contributed by atoms with Crippen LogP contribution < -0.4 is 11.1 Å². The molecule has 2 atom stereocenters. The van der Waals surface area contributed by atoms with Crippen molar-refractivity contribution >= 4 is 17.0 Å². The molecule has 2 rings (SSSR count). The third kappa shape index (κ3) is 3.18. The molecule has 19 heavy (non-hydrogen) atoms. The van der Waals surface area contributed by atoms with E-state index in [1.165, 1.54) is 0 Å². The van der Waals surface area contributed by atoms with Gasteiger partial charge in [-0.05, 0) is 0 Å². The van der Waals surface area contributed by atoms with Gasteiger partial charge < -0.3 is 31.4 Å². The Hall–Kier alpha value is -1.74. The quantitative estimate of drug-likeness (QED) is 0.368. The molecule has 0 unspecified atom stereocenters. The van der Waals surface area contributed by atoms with E-state index in [4.69, 9.17) is 10.8 Å². The van der Waals surface area contributed by atoms with Crippen molar-refractivity contribution in [3.63, 3.8) is 0 Å². The molecule has 0 fully saturated rings. The SMILES string of the molecule is Nc1ncc2[nH]cc(CNC[C@@H](O)[C@H](O)CO)c2n1. The highest BCUT2D eigenvalue weighted by Gasteiger charge is 2.14. The van der Waals surface area contributed by atoms with Crippen LogP contribution in [0, 0.1) is 0 Å². The van der Waals surface area contributed by atoms with Gasteiger partial charge in [-0.25, -0.2) is 9.97 Å². The molecule has 8 nitrogen and oxygen atoms in total. The lowest BCUT2D eigenvalue weighted by molar-refractivity contribution is -0.0129. The molecule has 0 aliphatic heterocycles. The molecule has 2 heterocycles. The van der Waals surface area contributed by atoms with E-state index in [1.54, 1.807) is 12.4 Å². The molecule has 0 radical (unpaired) electrons. The molecule has 2 aromatic rings. The van der Waals surface area contributed by atoms with Crippen LogP contribution in [-0.4, -0.2) is 55.6 Å². The lowest BCUT2D eigenvalue weighted by Crippen LogP contribution is -2.38. The smallest absolute Gasteiger partial charge is 0.220 e. The van der Waals surface area contributed by atoms with Crippen LogP contribution >= 0.6 is 0 Å². The van der Waals surface area contributed by atoms with Crippen molar-refractivity contribution in [2.45, 2.75) is 18.8 Å². The Kier molecular flexibility index (Phi) is 4.27. The van der Waals surface area contributed by atoms with Gasteiger partial charge in [0.25, 0.3) is 0 Å². The second kappa shape index (κ2) is 5.93. The fourth-order valence-electron chi connectivity index (χ4n) is 1.73. The molecule has 104 valence electrons. The summed E-state index contributed by atoms with van der Waals surface area (Å²) in [5.41, 5.74) is 7.91. The lowest BCUT2D eigenvalue weighted by Gasteiger charge is -2.15. The van der Waals surface area contributed by atoms with Crippen LogP contribution in [0.15, 0.2) is 12.4 Å². The number of nitrogens with two attached hydrogens (primary N) is 1. The molecular weight excluding hydrogens is 250 g/mol. The molecular formula is C11H17N5O3. The van der Waals surface area contributed by atoms with E-state index in [2.05, 4.69) is 20.3 Å². The summed E-state index contributed by atoms with van der Waals surface area (Å²) in [6, 6.07) is 0. The molecule has 7 N–H and O–H groups in total. The first-order chi connectivity index (χ1) is 9.11. The molecule has 0 aliphatic rings. The Morgan fingerprint density at radius 2 is 2.16 bits per heavy atom. The maximum absolute atomic E-state index is 9.48. The van der Waals surface area contributed by atoms with Gasteiger partial charge in [0.2, 0.25) is 5.95 Å². The zero-order chi connectivity index (χ0) is 13.8. The van der Waals surface area contributed by atoms with Gasteiger partial charge in [-0.1, -0.05) is 0 Å². The van der Waals surface area contributed by atoms with Gasteiger partial charge in [-0.2, -0.15) is 0 Å². The van der Waals surface area contributed by atoms with Crippen LogP contribution in [0.2, 0.25) is 0 Å². The summed E-state index contributed by atoms with van der Waals surface area (Å²) in [7, 11) is 0. The number of aliphatic hydroxyl groups excluding tert-OH is 3. The minimum atomic E-state index is -1.14. The summed E-state index contributed by atoms with van der Waals surface area (Å²) in [5.74, 6) is 0.198. The molecule has 0 aliphatic carbocycles. The van der Waals surface area contributed by atoms with Crippen molar-refractivity contribution in [3.8, 4) is 0 Å². The van der Waals surface area contributed by atoms with Crippen molar-refractivity contribution < 1.29 is 15.3 Å². The van der Waals surface area contributed by atoms with Gasteiger partial charge >= 0.3 is 0 Å². The highest BCUT2D eigenvalue weighted by atomic mass is 16.4. The summed E-state index contributed by atoms with van der Waals surface area (Å²) in [5, 5.41) is 30.3. The van der Waals surface area contributed by atoms with Gasteiger partial charge in [0.05, 0.1) is 29.9 Å². The highest BCUT2D eigenvalue weighted by Crippen LogP contribution is 2.15. The van der Waals surface area contributed by atoms with E-state index in [0.717, 1.165) is 16.6 Å². The van der Waals surface area contributed by atoms with Crippen LogP contribution in [0.1, 0.15) is 5.56 Å². The third-order valence-electron chi connectivity index (χ3n) is 2.81. The fourth-order valence-corrected chi connectivity index (χ4v) is 1.73. The summed E-state index contributed by atoms with van der Waals surface area (Å²) >= 11 is 0. The Labute approximate surface area is 109 Å². The largest absolute Gasteiger partial charge is 0.394 e. The molecule has 8 heteroatoms. The maximum Gasteiger partial charge on any atom is 0.220 e. The van der Waals surface area contributed by atoms with E-state index in [9.17, 15) is 10.2 Å². The monoisotopic (exact) mass is 267 g/mol. The van der Waals surface area contributed by atoms with E-state index in [1.807, 2.05) is 0 Å². The zero-order valence-electron chi connectivity index (χ0n) is 10.2. The van der Waals surface area contributed by atoms with Crippen LogP contribution in [0.25, 0.3) is 11.0 Å². The normalized spacial score (nSPS) is 14.7. The number of aromatic amines is 1. The standard InChI is InChI=1S/C11H17N5O3/c12-11-15-3-7-10(16-11)6(2-14-7)1-13-4-8(18)9(19)5-17/h2-3,8-9,13-14,17-19H,1,4-5H2,(H2,12,15,16)/t8-,9-/m1/s1. The molecule has 0 saturated heterocycles. The van der Waals surface area contributed by atoms with Crippen molar-refractivity contribution in [1.29, 1.82) is 0 Å². The number of nitrogens with zero attached hydrogens (tertiary/aromatic N) is 2. The number of nitrogens with one attached hydrogen (secondary N) is 2.